The summed E-state index contributed by atoms with van der Waals surface area (Å²) in [5, 5.41) is 11.0. The minimum absolute atomic E-state index is 0.0847. The van der Waals surface area contributed by atoms with Crippen LogP contribution in [0.1, 0.15) is 38.3 Å². The van der Waals surface area contributed by atoms with Gasteiger partial charge in [-0.05, 0) is 42.7 Å². The molecule has 1 aromatic carbocycles. The number of carbonyl (C=O) groups excluding carboxylic acids is 1. The van der Waals surface area contributed by atoms with Crippen molar-refractivity contribution in [3.05, 3.63) is 53.1 Å². The lowest BCUT2D eigenvalue weighted by molar-refractivity contribution is -0.121. The predicted octanol–water partition coefficient (Wildman–Crippen LogP) is 3.68. The van der Waals surface area contributed by atoms with Gasteiger partial charge in [0.2, 0.25) is 0 Å². The number of allylic oxidation sites excluding steroid dienone is 1. The number of carbonyl (C=O) groups is 1. The third-order valence-electron chi connectivity index (χ3n) is 4.32. The molecule has 0 saturated heterocycles. The Balaban J connectivity index is 2.42. The summed E-state index contributed by atoms with van der Waals surface area (Å²) in [4.78, 5) is 11.7. The van der Waals surface area contributed by atoms with Crippen LogP contribution in [0.2, 0.25) is 0 Å². The maximum absolute atomic E-state index is 11.7. The Hall–Kier alpha value is -1.67. The second-order valence-electron chi connectivity index (χ2n) is 6.31. The quantitative estimate of drug-likeness (QED) is 0.890. The van der Waals surface area contributed by atoms with Crippen molar-refractivity contribution in [1.82, 2.24) is 0 Å². The molecule has 20 heavy (non-hydrogen) atoms. The second-order valence-corrected chi connectivity index (χ2v) is 6.31. The van der Waals surface area contributed by atoms with Crippen LogP contribution in [0.4, 0.5) is 0 Å². The Labute approximate surface area is 120 Å². The molecule has 1 atom stereocenters. The molecule has 0 spiro atoms. The fraction of sp³-hybridized carbons (Fsp3) is 0.389. The summed E-state index contributed by atoms with van der Waals surface area (Å²) in [5.41, 5.74) is 1.38. The van der Waals surface area contributed by atoms with Crippen molar-refractivity contribution in [1.29, 1.82) is 0 Å². The summed E-state index contributed by atoms with van der Waals surface area (Å²) in [6.07, 6.45) is 5.70. The summed E-state index contributed by atoms with van der Waals surface area (Å²) in [6, 6.07) is 8.04. The van der Waals surface area contributed by atoms with Gasteiger partial charge in [-0.25, -0.2) is 0 Å². The molecule has 2 rings (SSSR count). The summed E-state index contributed by atoms with van der Waals surface area (Å²) >= 11 is 0. The molecule has 0 aliphatic heterocycles. The van der Waals surface area contributed by atoms with E-state index in [9.17, 15) is 9.90 Å². The minimum atomic E-state index is -1.08. The van der Waals surface area contributed by atoms with Crippen LogP contribution >= 0.6 is 0 Å². The van der Waals surface area contributed by atoms with Gasteiger partial charge in [0.1, 0.15) is 5.60 Å². The summed E-state index contributed by atoms with van der Waals surface area (Å²) < 4.78 is 0. The highest BCUT2D eigenvalue weighted by atomic mass is 16.3. The van der Waals surface area contributed by atoms with E-state index < -0.39 is 11.0 Å². The first-order valence-electron chi connectivity index (χ1n) is 6.95. The van der Waals surface area contributed by atoms with Crippen molar-refractivity contribution in [3.63, 3.8) is 0 Å². The van der Waals surface area contributed by atoms with E-state index in [0.717, 1.165) is 5.56 Å². The maximum atomic E-state index is 11.7. The first-order chi connectivity index (χ1) is 9.26. The van der Waals surface area contributed by atoms with E-state index >= 15 is 0 Å². The number of ketones is 1. The molecule has 106 valence electrons. The lowest BCUT2D eigenvalue weighted by Gasteiger charge is -2.44. The van der Waals surface area contributed by atoms with Crippen molar-refractivity contribution >= 4 is 11.9 Å². The highest BCUT2D eigenvalue weighted by molar-refractivity contribution is 5.93. The van der Waals surface area contributed by atoms with E-state index in [-0.39, 0.29) is 5.78 Å². The maximum Gasteiger partial charge on any atom is 0.156 e. The van der Waals surface area contributed by atoms with Crippen molar-refractivity contribution < 1.29 is 9.90 Å². The Morgan fingerprint density at radius 1 is 1.20 bits per heavy atom. The van der Waals surface area contributed by atoms with Gasteiger partial charge < -0.3 is 5.11 Å². The van der Waals surface area contributed by atoms with Gasteiger partial charge in [0.05, 0.1) is 0 Å². The van der Waals surface area contributed by atoms with E-state index in [2.05, 4.69) is 0 Å². The standard InChI is InChI=1S/C18H22O2/c1-13-7-5-6-8-15(13)9-10-18(20)14(2)11-16(19)12-17(18,3)4/h5-11,20H,12H2,1-4H3. The molecular formula is C18H22O2. The highest BCUT2D eigenvalue weighted by Crippen LogP contribution is 2.44. The normalized spacial score (nSPS) is 25.9. The van der Waals surface area contributed by atoms with Crippen LogP contribution < -0.4 is 0 Å². The number of aliphatic hydroxyl groups is 1. The second kappa shape index (κ2) is 5.02. The molecule has 0 radical (unpaired) electrons. The van der Waals surface area contributed by atoms with E-state index in [4.69, 9.17) is 0 Å². The Morgan fingerprint density at radius 2 is 1.85 bits per heavy atom. The highest BCUT2D eigenvalue weighted by Gasteiger charge is 2.46. The van der Waals surface area contributed by atoms with Gasteiger partial charge in [-0.1, -0.05) is 44.2 Å². The molecule has 0 aromatic heterocycles. The van der Waals surface area contributed by atoms with Crippen LogP contribution in [-0.2, 0) is 4.79 Å². The lowest BCUT2D eigenvalue weighted by atomic mass is 9.64. The number of hydrogen-bond donors (Lipinski definition) is 1. The van der Waals surface area contributed by atoms with Crippen LogP contribution in [0.15, 0.2) is 42.0 Å². The van der Waals surface area contributed by atoms with Crippen LogP contribution in [0.5, 0.6) is 0 Å². The number of hydrogen-bond acceptors (Lipinski definition) is 2. The smallest absolute Gasteiger partial charge is 0.156 e. The molecule has 1 aromatic rings. The number of rotatable bonds is 2. The topological polar surface area (TPSA) is 37.3 Å². The van der Waals surface area contributed by atoms with E-state index in [0.29, 0.717) is 12.0 Å². The largest absolute Gasteiger partial charge is 0.381 e. The van der Waals surface area contributed by atoms with Gasteiger partial charge in [0.15, 0.2) is 5.78 Å². The van der Waals surface area contributed by atoms with Gasteiger partial charge in [-0.15, -0.1) is 0 Å². The molecule has 2 nitrogen and oxygen atoms in total. The summed E-state index contributed by atoms with van der Waals surface area (Å²) in [6.45, 7) is 7.73. The van der Waals surface area contributed by atoms with Gasteiger partial charge in [0, 0.05) is 11.8 Å². The zero-order valence-corrected chi connectivity index (χ0v) is 12.6. The summed E-state index contributed by atoms with van der Waals surface area (Å²) in [5.74, 6) is 0.0847. The molecule has 1 aliphatic carbocycles. The van der Waals surface area contributed by atoms with Crippen LogP contribution in [0.3, 0.4) is 0 Å². The first-order valence-corrected chi connectivity index (χ1v) is 6.95. The number of benzene rings is 1. The van der Waals surface area contributed by atoms with Crippen molar-refractivity contribution in [2.24, 2.45) is 5.41 Å². The molecule has 0 fully saturated rings. The third-order valence-corrected chi connectivity index (χ3v) is 4.32. The molecule has 2 heteroatoms. The Bertz CT molecular complexity index is 593. The molecule has 1 N–H and O–H groups in total. The molecule has 0 saturated carbocycles. The third kappa shape index (κ3) is 2.48. The minimum Gasteiger partial charge on any atom is -0.381 e. The zero-order chi connectivity index (χ0) is 15.0. The average molecular weight is 270 g/mol. The van der Waals surface area contributed by atoms with Crippen molar-refractivity contribution in [3.8, 4) is 0 Å². The van der Waals surface area contributed by atoms with Gasteiger partial charge in [0.25, 0.3) is 0 Å². The van der Waals surface area contributed by atoms with Crippen LogP contribution in [0.25, 0.3) is 6.08 Å². The molecule has 0 amide bonds. The fourth-order valence-corrected chi connectivity index (χ4v) is 2.85. The SMILES string of the molecule is CC1=CC(=O)CC(C)(C)C1(O)C=Cc1ccccc1C. The molecular weight excluding hydrogens is 248 g/mol. The summed E-state index contributed by atoms with van der Waals surface area (Å²) in [7, 11) is 0. The average Bonchev–Trinajstić information content (AvgIpc) is 2.34. The van der Waals surface area contributed by atoms with Crippen LogP contribution in [-0.4, -0.2) is 16.5 Å². The number of aryl methyl sites for hydroxylation is 1. The Morgan fingerprint density at radius 3 is 2.45 bits per heavy atom. The zero-order valence-electron chi connectivity index (χ0n) is 12.6. The van der Waals surface area contributed by atoms with Gasteiger partial charge >= 0.3 is 0 Å². The van der Waals surface area contributed by atoms with E-state index in [1.54, 1.807) is 6.08 Å². The van der Waals surface area contributed by atoms with Crippen molar-refractivity contribution in [2.45, 2.75) is 39.7 Å². The van der Waals surface area contributed by atoms with Crippen LogP contribution in [0, 0.1) is 12.3 Å². The molecule has 0 heterocycles. The molecule has 0 bridgehead atoms. The Kier molecular flexibility index (Phi) is 3.70. The fourth-order valence-electron chi connectivity index (χ4n) is 2.85. The first kappa shape index (κ1) is 14.7. The molecule has 1 aliphatic rings. The van der Waals surface area contributed by atoms with Gasteiger partial charge in [-0.2, -0.15) is 0 Å². The van der Waals surface area contributed by atoms with E-state index in [1.165, 1.54) is 5.56 Å². The van der Waals surface area contributed by atoms with Gasteiger partial charge in [-0.3, -0.25) is 4.79 Å². The molecule has 1 unspecified atom stereocenters. The lowest BCUT2D eigenvalue weighted by Crippen LogP contribution is -2.47. The van der Waals surface area contributed by atoms with Crippen molar-refractivity contribution in [2.75, 3.05) is 0 Å². The monoisotopic (exact) mass is 270 g/mol. The predicted molar refractivity (Wildman–Crippen MR) is 82.3 cm³/mol. The van der Waals surface area contributed by atoms with E-state index in [1.807, 2.05) is 64.1 Å².